The van der Waals surface area contributed by atoms with Crippen molar-refractivity contribution in [3.8, 4) is 0 Å². The summed E-state index contributed by atoms with van der Waals surface area (Å²) < 4.78 is 28.1. The summed E-state index contributed by atoms with van der Waals surface area (Å²) in [7, 11) is -3.52. The van der Waals surface area contributed by atoms with Crippen LogP contribution in [0, 0.1) is 20.8 Å². The molecule has 2 aromatic rings. The fourth-order valence-electron chi connectivity index (χ4n) is 3.30. The molecule has 2 N–H and O–H groups in total. The van der Waals surface area contributed by atoms with Crippen molar-refractivity contribution >= 4 is 10.0 Å². The van der Waals surface area contributed by atoms with Crippen molar-refractivity contribution in [2.45, 2.75) is 45.3 Å². The molecule has 1 aliphatic heterocycles. The summed E-state index contributed by atoms with van der Waals surface area (Å²) in [4.78, 5) is 0.394. The smallest absolute Gasteiger partial charge is 0.241 e. The Labute approximate surface area is 138 Å². The second-order valence-electron chi connectivity index (χ2n) is 6.26. The van der Waals surface area contributed by atoms with Crippen molar-refractivity contribution in [3.63, 3.8) is 0 Å². The molecule has 0 spiro atoms. The van der Waals surface area contributed by atoms with Gasteiger partial charge in [0.2, 0.25) is 10.0 Å². The van der Waals surface area contributed by atoms with Crippen LogP contribution in [0.5, 0.6) is 0 Å². The predicted molar refractivity (Wildman–Crippen MR) is 91.7 cm³/mol. The van der Waals surface area contributed by atoms with Gasteiger partial charge < -0.3 is 5.32 Å². The van der Waals surface area contributed by atoms with Crippen LogP contribution in [-0.4, -0.2) is 8.42 Å². The lowest BCUT2D eigenvalue weighted by Gasteiger charge is -2.13. The first kappa shape index (κ1) is 16.2. The number of hydrogen-bond acceptors (Lipinski definition) is 3. The van der Waals surface area contributed by atoms with Gasteiger partial charge >= 0.3 is 0 Å². The maximum atomic E-state index is 12.7. The third-order valence-electron chi connectivity index (χ3n) is 4.24. The van der Waals surface area contributed by atoms with Crippen LogP contribution in [0.15, 0.2) is 35.2 Å². The number of sulfonamides is 1. The summed E-state index contributed by atoms with van der Waals surface area (Å²) in [5.41, 5.74) is 6.18. The number of nitrogens with one attached hydrogen (secondary N) is 2. The van der Waals surface area contributed by atoms with E-state index in [-0.39, 0.29) is 0 Å². The highest BCUT2D eigenvalue weighted by atomic mass is 32.2. The molecule has 4 nitrogen and oxygen atoms in total. The topological polar surface area (TPSA) is 58.2 Å². The van der Waals surface area contributed by atoms with E-state index in [4.69, 9.17) is 0 Å². The molecule has 0 aliphatic carbocycles. The van der Waals surface area contributed by atoms with E-state index in [0.29, 0.717) is 11.4 Å². The van der Waals surface area contributed by atoms with Crippen molar-refractivity contribution in [1.82, 2.24) is 10.0 Å². The summed E-state index contributed by atoms with van der Waals surface area (Å²) >= 11 is 0. The number of hydrogen-bond donors (Lipinski definition) is 2. The van der Waals surface area contributed by atoms with Crippen LogP contribution in [0.1, 0.15) is 33.4 Å². The van der Waals surface area contributed by atoms with Crippen molar-refractivity contribution < 1.29 is 8.42 Å². The third-order valence-corrected chi connectivity index (χ3v) is 5.95. The Morgan fingerprint density at radius 2 is 1.65 bits per heavy atom. The van der Waals surface area contributed by atoms with Crippen LogP contribution >= 0.6 is 0 Å². The maximum Gasteiger partial charge on any atom is 0.241 e. The van der Waals surface area contributed by atoms with Gasteiger partial charge in [0.05, 0.1) is 4.90 Å². The van der Waals surface area contributed by atoms with Gasteiger partial charge in [0, 0.05) is 19.6 Å². The van der Waals surface area contributed by atoms with E-state index in [1.807, 2.05) is 39.0 Å². The molecule has 0 saturated carbocycles. The molecule has 0 radical (unpaired) electrons. The second-order valence-corrected chi connectivity index (χ2v) is 7.96. The molecule has 1 aliphatic rings. The van der Waals surface area contributed by atoms with Crippen LogP contribution in [0.4, 0.5) is 0 Å². The van der Waals surface area contributed by atoms with E-state index in [0.717, 1.165) is 35.3 Å². The van der Waals surface area contributed by atoms with Crippen LogP contribution < -0.4 is 10.0 Å². The van der Waals surface area contributed by atoms with Gasteiger partial charge in [-0.25, -0.2) is 13.1 Å². The Bertz CT molecular complexity index is 834. The maximum absolute atomic E-state index is 12.7. The monoisotopic (exact) mass is 330 g/mol. The Kier molecular flexibility index (Phi) is 4.27. The van der Waals surface area contributed by atoms with Crippen LogP contribution in [0.25, 0.3) is 0 Å². The highest BCUT2D eigenvalue weighted by Crippen LogP contribution is 2.22. The summed E-state index contributed by atoms with van der Waals surface area (Å²) in [5, 5.41) is 3.29. The van der Waals surface area contributed by atoms with E-state index in [9.17, 15) is 8.42 Å². The molecule has 0 bridgehead atoms. The van der Waals surface area contributed by atoms with Crippen molar-refractivity contribution in [1.29, 1.82) is 0 Å². The fourth-order valence-corrected chi connectivity index (χ4v) is 4.77. The minimum Gasteiger partial charge on any atom is -0.309 e. The highest BCUT2D eigenvalue weighted by molar-refractivity contribution is 7.89. The first-order valence-corrected chi connectivity index (χ1v) is 9.24. The summed E-state index contributed by atoms with van der Waals surface area (Å²) in [6.45, 7) is 7.71. The van der Waals surface area contributed by atoms with Gasteiger partial charge in [0.1, 0.15) is 0 Å². The number of benzene rings is 2. The van der Waals surface area contributed by atoms with Crippen molar-refractivity contribution in [2.75, 3.05) is 0 Å². The van der Waals surface area contributed by atoms with Gasteiger partial charge in [-0.15, -0.1) is 0 Å². The summed E-state index contributed by atoms with van der Waals surface area (Å²) in [6, 6.07) is 9.95. The first-order valence-electron chi connectivity index (χ1n) is 7.76. The molecule has 2 aromatic carbocycles. The van der Waals surface area contributed by atoms with E-state index in [2.05, 4.69) is 22.2 Å². The molecule has 0 aromatic heterocycles. The normalized spacial score (nSPS) is 14.0. The van der Waals surface area contributed by atoms with Gasteiger partial charge in [-0.05, 0) is 48.6 Å². The zero-order valence-electron chi connectivity index (χ0n) is 13.7. The number of rotatable bonds is 4. The number of aryl methyl sites for hydroxylation is 3. The third kappa shape index (κ3) is 3.32. The van der Waals surface area contributed by atoms with E-state index in [1.54, 1.807) is 0 Å². The lowest BCUT2D eigenvalue weighted by atomic mass is 10.1. The molecule has 0 atom stereocenters. The van der Waals surface area contributed by atoms with Gasteiger partial charge in [-0.1, -0.05) is 35.9 Å². The molecule has 0 fully saturated rings. The van der Waals surface area contributed by atoms with E-state index < -0.39 is 10.0 Å². The largest absolute Gasteiger partial charge is 0.309 e. The Hall–Kier alpha value is -1.69. The second kappa shape index (κ2) is 6.07. The molecule has 3 rings (SSSR count). The van der Waals surface area contributed by atoms with Crippen LogP contribution in [0.2, 0.25) is 0 Å². The summed E-state index contributed by atoms with van der Waals surface area (Å²) in [6.07, 6.45) is 0. The molecule has 122 valence electrons. The molecule has 0 amide bonds. The minimum absolute atomic E-state index is 0.308. The molecular weight excluding hydrogens is 308 g/mol. The van der Waals surface area contributed by atoms with Crippen LogP contribution in [-0.2, 0) is 29.7 Å². The predicted octanol–water partition coefficient (Wildman–Crippen LogP) is 2.69. The van der Waals surface area contributed by atoms with Gasteiger partial charge in [-0.2, -0.15) is 0 Å². The molecule has 23 heavy (non-hydrogen) atoms. The quantitative estimate of drug-likeness (QED) is 0.906. The van der Waals surface area contributed by atoms with E-state index in [1.165, 1.54) is 11.1 Å². The lowest BCUT2D eigenvalue weighted by molar-refractivity contribution is 0.580. The average molecular weight is 330 g/mol. The zero-order chi connectivity index (χ0) is 16.6. The molecule has 5 heteroatoms. The molecular formula is C18H22N2O2S. The van der Waals surface area contributed by atoms with Crippen LogP contribution in [0.3, 0.4) is 0 Å². The average Bonchev–Trinajstić information content (AvgIpc) is 2.91. The van der Waals surface area contributed by atoms with Crippen molar-refractivity contribution in [3.05, 3.63) is 63.7 Å². The van der Waals surface area contributed by atoms with Crippen molar-refractivity contribution in [2.24, 2.45) is 0 Å². The SMILES string of the molecule is Cc1cc(C)c(S(=O)(=O)NCc2ccc3c(c2)CNC3)c(C)c1. The molecule has 0 saturated heterocycles. The lowest BCUT2D eigenvalue weighted by Crippen LogP contribution is -2.25. The van der Waals surface area contributed by atoms with Gasteiger partial charge in [0.25, 0.3) is 0 Å². The molecule has 0 unspecified atom stereocenters. The zero-order valence-corrected chi connectivity index (χ0v) is 14.5. The Morgan fingerprint density at radius 1 is 1.00 bits per heavy atom. The molecule has 1 heterocycles. The Balaban J connectivity index is 1.82. The van der Waals surface area contributed by atoms with Gasteiger partial charge in [-0.3, -0.25) is 0 Å². The highest BCUT2D eigenvalue weighted by Gasteiger charge is 2.20. The number of fused-ring (bicyclic) bond motifs is 1. The standard InChI is InChI=1S/C18H22N2O2S/c1-12-6-13(2)18(14(3)7-12)23(21,22)20-9-15-4-5-16-10-19-11-17(16)8-15/h4-8,19-20H,9-11H2,1-3H3. The van der Waals surface area contributed by atoms with E-state index >= 15 is 0 Å². The first-order chi connectivity index (χ1) is 10.9. The minimum atomic E-state index is -3.52. The fraction of sp³-hybridized carbons (Fsp3) is 0.333. The Morgan fingerprint density at radius 3 is 2.35 bits per heavy atom. The summed E-state index contributed by atoms with van der Waals surface area (Å²) in [5.74, 6) is 0. The van der Waals surface area contributed by atoms with Gasteiger partial charge in [0.15, 0.2) is 0 Å².